The molecule has 0 spiro atoms. The molecule has 3 aliphatic carbocycles. The first-order chi connectivity index (χ1) is 16.9. The maximum atomic E-state index is 2.57. The predicted molar refractivity (Wildman–Crippen MR) is 155 cm³/mol. The summed E-state index contributed by atoms with van der Waals surface area (Å²) >= 11 is 0. The van der Waals surface area contributed by atoms with E-state index in [1.54, 1.807) is 5.57 Å². The number of allylic oxidation sites excluding steroid dienone is 4. The van der Waals surface area contributed by atoms with Crippen molar-refractivity contribution in [1.82, 2.24) is 0 Å². The zero-order chi connectivity index (χ0) is 23.2. The normalized spacial score (nSPS) is 22.9. The second kappa shape index (κ2) is 12.2. The quantitative estimate of drug-likeness (QED) is 0.325. The minimum atomic E-state index is -0.434. The highest BCUT2D eigenvalue weighted by Crippen LogP contribution is 2.63. The van der Waals surface area contributed by atoms with Crippen molar-refractivity contribution in [3.8, 4) is 0 Å². The third-order valence-corrected chi connectivity index (χ3v) is 15.2. The van der Waals surface area contributed by atoms with Gasteiger partial charge in [0.15, 0.2) is 0 Å². The van der Waals surface area contributed by atoms with Gasteiger partial charge in [0.1, 0.15) is 0 Å². The number of benzene rings is 2. The Kier molecular flexibility index (Phi) is 8.75. The Labute approximate surface area is 210 Å². The zero-order valence-corrected chi connectivity index (χ0v) is 22.8. The van der Waals surface area contributed by atoms with Crippen molar-refractivity contribution in [3.63, 3.8) is 0 Å². The van der Waals surface area contributed by atoms with E-state index in [1.165, 1.54) is 81.2 Å². The first-order valence-electron chi connectivity index (χ1n) is 13.9. The summed E-state index contributed by atoms with van der Waals surface area (Å²) in [6, 6.07) is 22.8. The minimum Gasteiger partial charge on any atom is -0.0929 e. The maximum Gasteiger partial charge on any atom is 0.0273 e. The summed E-state index contributed by atoms with van der Waals surface area (Å²) in [6.45, 7) is 2.51. The Hall–Kier alpha value is -1.22. The van der Waals surface area contributed by atoms with Gasteiger partial charge in [-0.2, -0.15) is 0 Å². The van der Waals surface area contributed by atoms with Gasteiger partial charge in [-0.05, 0) is 62.0 Å². The summed E-state index contributed by atoms with van der Waals surface area (Å²) in [5, 5.41) is 3.06. The second-order valence-corrected chi connectivity index (χ2v) is 15.8. The first kappa shape index (κ1) is 24.5. The molecule has 0 aliphatic heterocycles. The predicted octanol–water partition coefficient (Wildman–Crippen LogP) is 8.91. The van der Waals surface area contributed by atoms with Crippen molar-refractivity contribution in [1.29, 1.82) is 0 Å². The highest BCUT2D eigenvalue weighted by atomic mass is 31.1. The zero-order valence-electron chi connectivity index (χ0n) is 21.0. The molecule has 0 N–H and O–H groups in total. The lowest BCUT2D eigenvalue weighted by molar-refractivity contribution is 0.481. The summed E-state index contributed by atoms with van der Waals surface area (Å²) in [4.78, 5) is 0. The third-order valence-electron chi connectivity index (χ3n) is 8.39. The van der Waals surface area contributed by atoms with Crippen LogP contribution in [-0.4, -0.2) is 22.6 Å². The van der Waals surface area contributed by atoms with E-state index in [0.717, 1.165) is 17.0 Å². The fraction of sp³-hybridized carbons (Fsp3) is 0.500. The fourth-order valence-corrected chi connectivity index (χ4v) is 14.3. The number of hydrogen-bond acceptors (Lipinski definition) is 0. The van der Waals surface area contributed by atoms with Crippen molar-refractivity contribution in [2.75, 3.05) is 0 Å². The summed E-state index contributed by atoms with van der Waals surface area (Å²) in [7, 11) is -0.393. The molecule has 2 atom stereocenters. The molecule has 2 fully saturated rings. The molecule has 0 radical (unpaired) electrons. The molecule has 0 amide bonds. The molecule has 2 aromatic rings. The van der Waals surface area contributed by atoms with Crippen LogP contribution in [0, 0.1) is 0 Å². The van der Waals surface area contributed by atoms with Crippen LogP contribution in [0.2, 0.25) is 0 Å². The van der Waals surface area contributed by atoms with Crippen LogP contribution in [0.3, 0.4) is 0 Å². The lowest BCUT2D eigenvalue weighted by Crippen LogP contribution is -2.31. The molecule has 1 unspecified atom stereocenters. The topological polar surface area (TPSA) is 0 Å². The van der Waals surface area contributed by atoms with Crippen LogP contribution in [0.15, 0.2) is 84.5 Å². The van der Waals surface area contributed by atoms with E-state index in [0.29, 0.717) is 5.66 Å². The van der Waals surface area contributed by atoms with Crippen LogP contribution in [0.4, 0.5) is 0 Å². The molecule has 0 aromatic heterocycles. The van der Waals surface area contributed by atoms with Crippen LogP contribution < -0.4 is 10.6 Å². The fourth-order valence-electron chi connectivity index (χ4n) is 6.86. The Bertz CT molecular complexity index is 878. The highest BCUT2D eigenvalue weighted by Gasteiger charge is 2.40. The van der Waals surface area contributed by atoms with E-state index in [9.17, 15) is 0 Å². The molecular weight excluding hydrogens is 446 g/mol. The van der Waals surface area contributed by atoms with Crippen LogP contribution in [0.1, 0.15) is 77.6 Å². The Balaban J connectivity index is 1.50. The number of hydrogen-bond donors (Lipinski definition) is 0. The van der Waals surface area contributed by atoms with Crippen LogP contribution in [0.25, 0.3) is 0 Å². The van der Waals surface area contributed by atoms with E-state index in [-0.39, 0.29) is 7.92 Å². The van der Waals surface area contributed by atoms with Gasteiger partial charge in [-0.3, -0.25) is 0 Å². The Morgan fingerprint density at radius 3 is 1.68 bits per heavy atom. The van der Waals surface area contributed by atoms with Crippen LogP contribution >= 0.6 is 15.8 Å². The van der Waals surface area contributed by atoms with E-state index in [2.05, 4.69) is 85.8 Å². The molecule has 180 valence electrons. The van der Waals surface area contributed by atoms with Gasteiger partial charge in [-0.1, -0.05) is 138 Å². The minimum absolute atomic E-state index is 0.0413. The Morgan fingerprint density at radius 1 is 0.706 bits per heavy atom. The Morgan fingerprint density at radius 2 is 1.21 bits per heavy atom. The molecule has 0 heterocycles. The van der Waals surface area contributed by atoms with Gasteiger partial charge in [0.25, 0.3) is 0 Å². The highest BCUT2D eigenvalue weighted by molar-refractivity contribution is 7.74. The van der Waals surface area contributed by atoms with E-state index < -0.39 is 7.92 Å². The molecule has 2 saturated carbocycles. The van der Waals surface area contributed by atoms with Crippen molar-refractivity contribution in [2.45, 2.75) is 100 Å². The van der Waals surface area contributed by atoms with Gasteiger partial charge in [0.2, 0.25) is 0 Å². The summed E-state index contributed by atoms with van der Waals surface area (Å²) in [6.07, 6.45) is 23.8. The molecule has 3 aliphatic rings. The van der Waals surface area contributed by atoms with E-state index >= 15 is 0 Å². The van der Waals surface area contributed by atoms with Crippen molar-refractivity contribution in [2.24, 2.45) is 0 Å². The summed E-state index contributed by atoms with van der Waals surface area (Å²) in [5.41, 5.74) is 5.18. The molecular formula is C32H42P2. The molecule has 0 saturated heterocycles. The van der Waals surface area contributed by atoms with E-state index in [4.69, 9.17) is 0 Å². The van der Waals surface area contributed by atoms with Gasteiger partial charge < -0.3 is 0 Å². The standard InChI is InChI=1S/C32H42P2/c1-2-31(33(26-16-7-3-8-17-26)27-18-9-4-10-19-27)30-24-15-25-32(30)34(28-20-11-5-12-21-28)29-22-13-6-14-23-29/h5-6,11-15,20-27,31-32H,2-4,7-10,16-19H2,1H3/t31-,32?/m1/s1. The van der Waals surface area contributed by atoms with Crippen molar-refractivity contribution in [3.05, 3.63) is 84.5 Å². The summed E-state index contributed by atoms with van der Waals surface area (Å²) < 4.78 is 0. The molecule has 0 bridgehead atoms. The van der Waals surface area contributed by atoms with Gasteiger partial charge >= 0.3 is 0 Å². The summed E-state index contributed by atoms with van der Waals surface area (Å²) in [5.74, 6) is 0. The SMILES string of the molecule is CC[C@H](C1=CC=CC1P(c1ccccc1)c1ccccc1)P(C1CCCCC1)C1CCCCC1. The maximum absolute atomic E-state index is 2.57. The monoisotopic (exact) mass is 488 g/mol. The molecule has 34 heavy (non-hydrogen) atoms. The van der Waals surface area contributed by atoms with Gasteiger partial charge in [-0.15, -0.1) is 0 Å². The smallest absolute Gasteiger partial charge is 0.0273 e. The average Bonchev–Trinajstić information content (AvgIpc) is 3.38. The lowest BCUT2D eigenvalue weighted by atomic mass is 9.99. The van der Waals surface area contributed by atoms with Crippen molar-refractivity contribution >= 4 is 26.5 Å². The van der Waals surface area contributed by atoms with Gasteiger partial charge in [0, 0.05) is 11.3 Å². The second-order valence-electron chi connectivity index (χ2n) is 10.5. The molecule has 5 rings (SSSR count). The van der Waals surface area contributed by atoms with Gasteiger partial charge in [-0.25, -0.2) is 0 Å². The number of rotatable bonds is 8. The van der Waals surface area contributed by atoms with E-state index in [1.807, 2.05) is 0 Å². The van der Waals surface area contributed by atoms with Gasteiger partial charge in [0.05, 0.1) is 0 Å². The molecule has 0 nitrogen and oxygen atoms in total. The largest absolute Gasteiger partial charge is 0.0929 e. The van der Waals surface area contributed by atoms with Crippen LogP contribution in [-0.2, 0) is 0 Å². The van der Waals surface area contributed by atoms with Crippen LogP contribution in [0.5, 0.6) is 0 Å². The molecule has 2 heteroatoms. The first-order valence-corrected chi connectivity index (χ1v) is 16.9. The average molecular weight is 489 g/mol. The lowest BCUT2D eigenvalue weighted by Gasteiger charge is -2.45. The third kappa shape index (κ3) is 5.45. The van der Waals surface area contributed by atoms with Crippen molar-refractivity contribution < 1.29 is 0 Å². The molecule has 2 aromatic carbocycles.